The maximum atomic E-state index is 13.3. The molecule has 0 aliphatic heterocycles. The highest BCUT2D eigenvalue weighted by Crippen LogP contribution is 2.33. The molecule has 0 N–H and O–H groups in total. The van der Waals surface area contributed by atoms with Crippen molar-refractivity contribution in [3.05, 3.63) is 57.6 Å². The van der Waals surface area contributed by atoms with Gasteiger partial charge in [0.05, 0.1) is 11.3 Å². The van der Waals surface area contributed by atoms with Crippen molar-refractivity contribution in [3.8, 4) is 11.1 Å². The molecule has 1 aromatic carbocycles. The molecular formula is C23H24ClN5O. The molecule has 2 atom stereocenters. The van der Waals surface area contributed by atoms with E-state index in [4.69, 9.17) is 16.7 Å². The molecule has 0 radical (unpaired) electrons. The summed E-state index contributed by atoms with van der Waals surface area (Å²) in [5.74, 6) is 0.485. The highest BCUT2D eigenvalue weighted by Gasteiger charge is 2.25. The van der Waals surface area contributed by atoms with Crippen molar-refractivity contribution in [2.75, 3.05) is 0 Å². The summed E-state index contributed by atoms with van der Waals surface area (Å²) >= 11 is 6.06. The predicted octanol–water partition coefficient (Wildman–Crippen LogP) is 5.07. The lowest BCUT2D eigenvalue weighted by Gasteiger charge is -2.30. The Bertz CT molecular complexity index is 1290. The minimum Gasteiger partial charge on any atom is -0.310 e. The van der Waals surface area contributed by atoms with Crippen LogP contribution >= 0.6 is 11.6 Å². The second-order valence-electron chi connectivity index (χ2n) is 8.21. The van der Waals surface area contributed by atoms with E-state index < -0.39 is 0 Å². The van der Waals surface area contributed by atoms with Crippen LogP contribution in [0.5, 0.6) is 0 Å². The number of benzene rings is 1. The topological polar surface area (TPSA) is 65.1 Å². The van der Waals surface area contributed by atoms with Crippen molar-refractivity contribution in [2.24, 2.45) is 5.92 Å². The fourth-order valence-electron chi connectivity index (χ4n) is 4.74. The Balaban J connectivity index is 1.72. The van der Waals surface area contributed by atoms with Gasteiger partial charge in [-0.3, -0.25) is 4.79 Å². The molecule has 5 rings (SSSR count). The molecule has 0 saturated heterocycles. The Morgan fingerprint density at radius 3 is 2.60 bits per heavy atom. The maximum Gasteiger partial charge on any atom is 0.280 e. The summed E-state index contributed by atoms with van der Waals surface area (Å²) in [4.78, 5) is 13.3. The quantitative estimate of drug-likeness (QED) is 0.463. The van der Waals surface area contributed by atoms with Crippen molar-refractivity contribution >= 4 is 28.3 Å². The molecule has 3 aromatic heterocycles. The molecule has 1 aliphatic carbocycles. The summed E-state index contributed by atoms with van der Waals surface area (Å²) in [7, 11) is 0. The molecule has 0 unspecified atom stereocenters. The van der Waals surface area contributed by atoms with Crippen LogP contribution in [0.2, 0.25) is 5.02 Å². The molecule has 30 heavy (non-hydrogen) atoms. The summed E-state index contributed by atoms with van der Waals surface area (Å²) in [5, 5.41) is 14.3. The zero-order valence-corrected chi connectivity index (χ0v) is 17.9. The SMILES string of the molecule is CCc1nn2c(nnc3c(=O)n([C@@H]4CCCC[C@H]4C)ccc32)c1-c1ccc(Cl)cc1. The largest absolute Gasteiger partial charge is 0.310 e. The second-order valence-corrected chi connectivity index (χ2v) is 8.65. The number of fused-ring (bicyclic) bond motifs is 3. The summed E-state index contributed by atoms with van der Waals surface area (Å²) in [6.07, 6.45) is 7.25. The molecule has 1 fully saturated rings. The molecule has 154 valence electrons. The first kappa shape index (κ1) is 19.2. The average Bonchev–Trinajstić information content (AvgIpc) is 3.14. The first-order valence-electron chi connectivity index (χ1n) is 10.6. The van der Waals surface area contributed by atoms with E-state index in [0.29, 0.717) is 27.6 Å². The summed E-state index contributed by atoms with van der Waals surface area (Å²) in [5.41, 5.74) is 4.49. The average molecular weight is 422 g/mol. The zero-order chi connectivity index (χ0) is 20.8. The Morgan fingerprint density at radius 1 is 1.10 bits per heavy atom. The zero-order valence-electron chi connectivity index (χ0n) is 17.2. The normalized spacial score (nSPS) is 19.6. The van der Waals surface area contributed by atoms with E-state index >= 15 is 0 Å². The van der Waals surface area contributed by atoms with Gasteiger partial charge in [-0.25, -0.2) is 4.52 Å². The molecule has 0 spiro atoms. The van der Waals surface area contributed by atoms with Crippen molar-refractivity contribution in [3.63, 3.8) is 0 Å². The maximum absolute atomic E-state index is 13.3. The van der Waals surface area contributed by atoms with Crippen LogP contribution in [-0.2, 0) is 6.42 Å². The molecule has 6 nitrogen and oxygen atoms in total. The minimum absolute atomic E-state index is 0.0813. The highest BCUT2D eigenvalue weighted by molar-refractivity contribution is 6.30. The summed E-state index contributed by atoms with van der Waals surface area (Å²) in [6.45, 7) is 4.29. The van der Waals surface area contributed by atoms with Gasteiger partial charge in [0.15, 0.2) is 11.2 Å². The van der Waals surface area contributed by atoms with E-state index in [-0.39, 0.29) is 11.6 Å². The third-order valence-electron chi connectivity index (χ3n) is 6.37. The molecule has 1 saturated carbocycles. The molecule has 0 amide bonds. The van der Waals surface area contributed by atoms with Gasteiger partial charge in [0.25, 0.3) is 5.56 Å². The lowest BCUT2D eigenvalue weighted by atomic mass is 9.85. The van der Waals surface area contributed by atoms with Crippen LogP contribution in [0.4, 0.5) is 0 Å². The van der Waals surface area contributed by atoms with E-state index in [1.165, 1.54) is 6.42 Å². The van der Waals surface area contributed by atoms with E-state index in [0.717, 1.165) is 42.5 Å². The molecule has 4 aromatic rings. The Morgan fingerprint density at radius 2 is 1.87 bits per heavy atom. The molecule has 1 aliphatic rings. The fraction of sp³-hybridized carbons (Fsp3) is 0.391. The number of aryl methyl sites for hydroxylation is 1. The number of hydrogen-bond donors (Lipinski definition) is 0. The number of hydrogen-bond acceptors (Lipinski definition) is 4. The van der Waals surface area contributed by atoms with Crippen molar-refractivity contribution < 1.29 is 0 Å². The molecule has 0 bridgehead atoms. The van der Waals surface area contributed by atoms with Crippen LogP contribution < -0.4 is 5.56 Å². The number of aromatic nitrogens is 5. The van der Waals surface area contributed by atoms with Gasteiger partial charge >= 0.3 is 0 Å². The van der Waals surface area contributed by atoms with Gasteiger partial charge < -0.3 is 4.57 Å². The van der Waals surface area contributed by atoms with Crippen LogP contribution in [0, 0.1) is 5.92 Å². The van der Waals surface area contributed by atoms with Crippen molar-refractivity contribution in [1.82, 2.24) is 24.4 Å². The third kappa shape index (κ3) is 3.01. The predicted molar refractivity (Wildman–Crippen MR) is 119 cm³/mol. The van der Waals surface area contributed by atoms with Crippen LogP contribution in [0.3, 0.4) is 0 Å². The Kier molecular flexibility index (Phi) is 4.82. The molecular weight excluding hydrogens is 398 g/mol. The van der Waals surface area contributed by atoms with Crippen LogP contribution in [0.15, 0.2) is 41.3 Å². The van der Waals surface area contributed by atoms with E-state index in [9.17, 15) is 4.79 Å². The van der Waals surface area contributed by atoms with Gasteiger partial charge in [0, 0.05) is 17.3 Å². The number of pyridine rings is 1. The van der Waals surface area contributed by atoms with Crippen LogP contribution in [0.1, 0.15) is 51.3 Å². The van der Waals surface area contributed by atoms with Gasteiger partial charge in [-0.15, -0.1) is 10.2 Å². The lowest BCUT2D eigenvalue weighted by Crippen LogP contribution is -2.31. The van der Waals surface area contributed by atoms with E-state index in [1.54, 1.807) is 4.52 Å². The molecule has 3 heterocycles. The van der Waals surface area contributed by atoms with Gasteiger partial charge in [0.2, 0.25) is 0 Å². The highest BCUT2D eigenvalue weighted by atomic mass is 35.5. The Labute approximate surface area is 179 Å². The standard InChI is InChI=1S/C23H24ClN5O/c1-3-17-20(15-8-10-16(24)11-9-15)22-26-25-21-19(29(22)27-17)12-13-28(23(21)30)18-7-5-4-6-14(18)2/h8-14,18H,3-7H2,1-2H3/t14-,18-/m1/s1. The van der Waals surface area contributed by atoms with Gasteiger partial charge in [-0.1, -0.05) is 50.4 Å². The van der Waals surface area contributed by atoms with Crippen LogP contribution in [-0.4, -0.2) is 24.4 Å². The first-order valence-corrected chi connectivity index (χ1v) is 11.0. The Hall–Kier alpha value is -2.73. The fourth-order valence-corrected chi connectivity index (χ4v) is 4.86. The number of rotatable bonds is 3. The van der Waals surface area contributed by atoms with Crippen molar-refractivity contribution in [2.45, 2.75) is 52.0 Å². The third-order valence-corrected chi connectivity index (χ3v) is 6.62. The van der Waals surface area contributed by atoms with Crippen LogP contribution in [0.25, 0.3) is 27.8 Å². The summed E-state index contributed by atoms with van der Waals surface area (Å²) in [6, 6.07) is 9.83. The first-order chi connectivity index (χ1) is 14.6. The number of halogens is 1. The monoisotopic (exact) mass is 421 g/mol. The lowest BCUT2D eigenvalue weighted by molar-refractivity contribution is 0.253. The van der Waals surface area contributed by atoms with Gasteiger partial charge in [-0.05, 0) is 48.9 Å². The summed E-state index contributed by atoms with van der Waals surface area (Å²) < 4.78 is 3.62. The van der Waals surface area contributed by atoms with Gasteiger partial charge in [0.1, 0.15) is 5.52 Å². The van der Waals surface area contributed by atoms with E-state index in [1.807, 2.05) is 41.1 Å². The van der Waals surface area contributed by atoms with Gasteiger partial charge in [-0.2, -0.15) is 5.10 Å². The van der Waals surface area contributed by atoms with Crippen molar-refractivity contribution in [1.29, 1.82) is 0 Å². The smallest absolute Gasteiger partial charge is 0.280 e. The number of nitrogens with zero attached hydrogens (tertiary/aromatic N) is 5. The molecule has 7 heteroatoms. The van der Waals surface area contributed by atoms with E-state index in [2.05, 4.69) is 24.0 Å². The minimum atomic E-state index is -0.0813. The second kappa shape index (κ2) is 7.51.